The number of hydrogen-bond donors (Lipinski definition) is 2. The molecular formula is C21H22ClFN4O2. The molecule has 0 saturated carbocycles. The smallest absolute Gasteiger partial charge is 0.255 e. The van der Waals surface area contributed by atoms with Crippen LogP contribution in [0.3, 0.4) is 0 Å². The standard InChI is InChI=1S/C21H21FN4O2.ClH/c1-14(27)25-19-7-5-16(6-8-19)17-3-2-4-18(9-17)20-12-24-26(21(20)28)13-15(10-22)11-23;/h2-10,12,20H,11,13,23H2,1H3,(H,25,27);1H/b15-10-;. The second kappa shape index (κ2) is 9.95. The number of benzene rings is 2. The first kappa shape index (κ1) is 22.3. The molecule has 0 aromatic heterocycles. The minimum Gasteiger partial charge on any atom is -0.327 e. The fourth-order valence-corrected chi connectivity index (χ4v) is 2.97. The van der Waals surface area contributed by atoms with E-state index in [1.165, 1.54) is 11.9 Å². The zero-order valence-corrected chi connectivity index (χ0v) is 16.7. The molecule has 152 valence electrons. The number of halogens is 2. The van der Waals surface area contributed by atoms with Crippen molar-refractivity contribution < 1.29 is 14.0 Å². The first-order valence-electron chi connectivity index (χ1n) is 8.83. The second-order valence-corrected chi connectivity index (χ2v) is 6.49. The molecule has 29 heavy (non-hydrogen) atoms. The van der Waals surface area contributed by atoms with Crippen LogP contribution in [-0.2, 0) is 9.59 Å². The van der Waals surface area contributed by atoms with Gasteiger partial charge in [-0.15, -0.1) is 12.4 Å². The number of carbonyl (C=O) groups excluding carboxylic acids is 2. The van der Waals surface area contributed by atoms with Gasteiger partial charge in [0.15, 0.2) is 0 Å². The molecule has 8 heteroatoms. The lowest BCUT2D eigenvalue weighted by Gasteiger charge is -2.15. The van der Waals surface area contributed by atoms with Gasteiger partial charge in [-0.2, -0.15) is 5.10 Å². The number of hydrogen-bond acceptors (Lipinski definition) is 4. The summed E-state index contributed by atoms with van der Waals surface area (Å²) in [7, 11) is 0. The number of rotatable bonds is 6. The third-order valence-electron chi connectivity index (χ3n) is 4.43. The lowest BCUT2D eigenvalue weighted by atomic mass is 9.95. The molecule has 0 spiro atoms. The fraction of sp³-hybridized carbons (Fsp3) is 0.190. The average molecular weight is 417 g/mol. The van der Waals surface area contributed by atoms with Gasteiger partial charge >= 0.3 is 0 Å². The molecule has 6 nitrogen and oxygen atoms in total. The molecule has 2 aromatic rings. The molecule has 1 aliphatic rings. The Morgan fingerprint density at radius 3 is 2.59 bits per heavy atom. The predicted octanol–water partition coefficient (Wildman–Crippen LogP) is 3.46. The van der Waals surface area contributed by atoms with Gasteiger partial charge in [-0.05, 0) is 40.5 Å². The SMILES string of the molecule is CC(=O)Nc1ccc(-c2cccc(C3C=NN(C/C(=C\F)CN)C3=O)c2)cc1.Cl. The fourth-order valence-electron chi connectivity index (χ4n) is 2.97. The van der Waals surface area contributed by atoms with Crippen LogP contribution in [0.2, 0.25) is 0 Å². The third kappa shape index (κ3) is 5.28. The summed E-state index contributed by atoms with van der Waals surface area (Å²) in [5.41, 5.74) is 9.18. The number of anilines is 1. The minimum absolute atomic E-state index is 0. The molecule has 3 N–H and O–H groups in total. The van der Waals surface area contributed by atoms with Crippen LogP contribution in [0.4, 0.5) is 10.1 Å². The average Bonchev–Trinajstić information content (AvgIpc) is 3.06. The van der Waals surface area contributed by atoms with Crippen LogP contribution < -0.4 is 11.1 Å². The van der Waals surface area contributed by atoms with Crippen molar-refractivity contribution in [2.45, 2.75) is 12.8 Å². The van der Waals surface area contributed by atoms with Crippen LogP contribution in [0, 0.1) is 0 Å². The summed E-state index contributed by atoms with van der Waals surface area (Å²) >= 11 is 0. The molecule has 0 aliphatic carbocycles. The van der Waals surface area contributed by atoms with Crippen molar-refractivity contribution in [1.82, 2.24) is 5.01 Å². The van der Waals surface area contributed by atoms with Crippen LogP contribution in [0.5, 0.6) is 0 Å². The van der Waals surface area contributed by atoms with E-state index in [-0.39, 0.29) is 37.3 Å². The summed E-state index contributed by atoms with van der Waals surface area (Å²) in [6.07, 6.45) is 1.98. The summed E-state index contributed by atoms with van der Waals surface area (Å²) in [5.74, 6) is -0.859. The lowest BCUT2D eigenvalue weighted by molar-refractivity contribution is -0.129. The highest BCUT2D eigenvalue weighted by molar-refractivity contribution is 6.03. The Labute approximate surface area is 174 Å². The Kier molecular flexibility index (Phi) is 7.64. The van der Waals surface area contributed by atoms with Crippen molar-refractivity contribution in [2.75, 3.05) is 18.4 Å². The summed E-state index contributed by atoms with van der Waals surface area (Å²) in [4.78, 5) is 23.8. The van der Waals surface area contributed by atoms with Crippen LogP contribution in [0.1, 0.15) is 18.4 Å². The molecule has 3 rings (SSSR count). The van der Waals surface area contributed by atoms with Crippen molar-refractivity contribution in [3.8, 4) is 11.1 Å². The van der Waals surface area contributed by atoms with E-state index in [0.717, 1.165) is 22.4 Å². The van der Waals surface area contributed by atoms with Crippen molar-refractivity contribution in [2.24, 2.45) is 10.8 Å². The maximum atomic E-state index is 12.7. The predicted molar refractivity (Wildman–Crippen MR) is 115 cm³/mol. The van der Waals surface area contributed by atoms with E-state index < -0.39 is 5.92 Å². The third-order valence-corrected chi connectivity index (χ3v) is 4.43. The lowest BCUT2D eigenvalue weighted by Crippen LogP contribution is -2.28. The van der Waals surface area contributed by atoms with Crippen LogP contribution in [0.15, 0.2) is 65.5 Å². The van der Waals surface area contributed by atoms with Crippen LogP contribution in [0.25, 0.3) is 11.1 Å². The highest BCUT2D eigenvalue weighted by Crippen LogP contribution is 2.28. The Hall–Kier alpha value is -3.03. The van der Waals surface area contributed by atoms with E-state index in [1.54, 1.807) is 6.21 Å². The number of nitrogens with one attached hydrogen (secondary N) is 1. The molecule has 0 bridgehead atoms. The first-order chi connectivity index (χ1) is 13.5. The molecule has 1 heterocycles. The number of amides is 2. The van der Waals surface area contributed by atoms with E-state index in [0.29, 0.717) is 11.9 Å². The molecule has 0 fully saturated rings. The Balaban J connectivity index is 0.00000300. The summed E-state index contributed by atoms with van der Waals surface area (Å²) in [6, 6.07) is 15.1. The van der Waals surface area contributed by atoms with E-state index in [1.807, 2.05) is 48.5 Å². The molecule has 1 unspecified atom stereocenters. The van der Waals surface area contributed by atoms with Crippen LogP contribution >= 0.6 is 12.4 Å². The monoisotopic (exact) mass is 416 g/mol. The number of carbonyl (C=O) groups is 2. The van der Waals surface area contributed by atoms with Crippen molar-refractivity contribution in [1.29, 1.82) is 0 Å². The molecule has 0 saturated heterocycles. The maximum absolute atomic E-state index is 12.7. The zero-order valence-electron chi connectivity index (χ0n) is 15.8. The Bertz CT molecular complexity index is 944. The van der Waals surface area contributed by atoms with Crippen molar-refractivity contribution in [3.05, 3.63) is 66.0 Å². The van der Waals surface area contributed by atoms with Gasteiger partial charge in [0.05, 0.1) is 12.9 Å². The molecule has 2 amide bonds. The maximum Gasteiger partial charge on any atom is 0.255 e. The van der Waals surface area contributed by atoms with Gasteiger partial charge in [-0.3, -0.25) is 9.59 Å². The normalized spacial score (nSPS) is 16.0. The van der Waals surface area contributed by atoms with E-state index in [2.05, 4.69) is 10.4 Å². The largest absolute Gasteiger partial charge is 0.327 e. The summed E-state index contributed by atoms with van der Waals surface area (Å²) in [6.45, 7) is 1.54. The Morgan fingerprint density at radius 2 is 1.97 bits per heavy atom. The molecular weight excluding hydrogens is 395 g/mol. The van der Waals surface area contributed by atoms with Gasteiger partial charge in [0.2, 0.25) is 5.91 Å². The van der Waals surface area contributed by atoms with Gasteiger partial charge in [-0.1, -0.05) is 30.3 Å². The molecule has 0 radical (unpaired) electrons. The summed E-state index contributed by atoms with van der Waals surface area (Å²) in [5, 5.41) is 8.07. The Morgan fingerprint density at radius 1 is 1.24 bits per heavy atom. The van der Waals surface area contributed by atoms with Gasteiger partial charge in [0.1, 0.15) is 5.92 Å². The number of nitrogens with two attached hydrogens (primary N) is 1. The van der Waals surface area contributed by atoms with E-state index in [9.17, 15) is 14.0 Å². The number of nitrogens with zero attached hydrogens (tertiary/aromatic N) is 2. The highest BCUT2D eigenvalue weighted by Gasteiger charge is 2.30. The van der Waals surface area contributed by atoms with Gasteiger partial charge in [0, 0.05) is 25.4 Å². The molecule has 1 aliphatic heterocycles. The quantitative estimate of drug-likeness (QED) is 0.755. The topological polar surface area (TPSA) is 87.8 Å². The van der Waals surface area contributed by atoms with Crippen LogP contribution in [-0.4, -0.2) is 36.1 Å². The highest BCUT2D eigenvalue weighted by atomic mass is 35.5. The summed E-state index contributed by atoms with van der Waals surface area (Å²) < 4.78 is 12.7. The van der Waals surface area contributed by atoms with Gasteiger partial charge < -0.3 is 11.1 Å². The van der Waals surface area contributed by atoms with Crippen molar-refractivity contribution >= 4 is 36.1 Å². The van der Waals surface area contributed by atoms with E-state index in [4.69, 9.17) is 5.73 Å². The number of hydrazone groups is 1. The van der Waals surface area contributed by atoms with E-state index >= 15 is 0 Å². The first-order valence-corrected chi connectivity index (χ1v) is 8.83. The molecule has 1 atom stereocenters. The van der Waals surface area contributed by atoms with Gasteiger partial charge in [0.25, 0.3) is 5.91 Å². The van der Waals surface area contributed by atoms with Crippen molar-refractivity contribution in [3.63, 3.8) is 0 Å². The van der Waals surface area contributed by atoms with Gasteiger partial charge in [-0.25, -0.2) is 9.40 Å². The molecule has 2 aromatic carbocycles. The minimum atomic E-state index is -0.516. The zero-order chi connectivity index (χ0) is 20.1. The second-order valence-electron chi connectivity index (χ2n) is 6.49.